The number of rotatable bonds is 13. The van der Waals surface area contributed by atoms with Crippen molar-refractivity contribution in [3.63, 3.8) is 0 Å². The summed E-state index contributed by atoms with van der Waals surface area (Å²) in [6, 6.07) is 43.5. The van der Waals surface area contributed by atoms with Crippen LogP contribution in [0.15, 0.2) is 121 Å². The van der Waals surface area contributed by atoms with Gasteiger partial charge in [-0.2, -0.15) is 0 Å². The minimum atomic E-state index is 0.311. The molecule has 0 amide bonds. The molecular formula is C30H32N2S2. The van der Waals surface area contributed by atoms with Crippen LogP contribution in [0.5, 0.6) is 0 Å². The Hall–Kier alpha value is -2.50. The Morgan fingerprint density at radius 3 is 1.12 bits per heavy atom. The zero-order valence-electron chi connectivity index (χ0n) is 19.3. The molecule has 2 N–H and O–H groups in total. The fraction of sp³-hybridized carbons (Fsp3) is 0.200. The molecule has 2 nitrogen and oxygen atoms in total. The van der Waals surface area contributed by atoms with Gasteiger partial charge < -0.3 is 10.6 Å². The number of nitrogens with one attached hydrogen (secondary N) is 2. The minimum Gasteiger partial charge on any atom is -0.305 e. The first kappa shape index (κ1) is 24.6. The van der Waals surface area contributed by atoms with Gasteiger partial charge in [0.2, 0.25) is 0 Å². The maximum absolute atomic E-state index is 3.77. The van der Waals surface area contributed by atoms with Crippen LogP contribution >= 0.6 is 21.6 Å². The smallest absolute Gasteiger partial charge is 0.0422 e. The van der Waals surface area contributed by atoms with E-state index in [4.69, 9.17) is 0 Å². The van der Waals surface area contributed by atoms with E-state index in [2.05, 4.69) is 132 Å². The summed E-state index contributed by atoms with van der Waals surface area (Å²) in [4.78, 5) is 0. The highest BCUT2D eigenvalue weighted by Crippen LogP contribution is 2.31. The second-order valence-corrected chi connectivity index (χ2v) is 10.8. The molecule has 0 fully saturated rings. The quantitative estimate of drug-likeness (QED) is 0.152. The summed E-state index contributed by atoms with van der Waals surface area (Å²) in [5.74, 6) is 2.03. The molecule has 0 aliphatic heterocycles. The molecule has 0 aliphatic rings. The minimum absolute atomic E-state index is 0.311. The van der Waals surface area contributed by atoms with Gasteiger partial charge in [0, 0.05) is 36.7 Å². The van der Waals surface area contributed by atoms with E-state index in [1.807, 2.05) is 21.6 Å². The lowest BCUT2D eigenvalue weighted by Crippen LogP contribution is -2.24. The fourth-order valence-corrected chi connectivity index (χ4v) is 6.30. The van der Waals surface area contributed by atoms with Gasteiger partial charge in [-0.25, -0.2) is 0 Å². The molecule has 0 spiro atoms. The molecule has 0 bridgehead atoms. The highest BCUT2D eigenvalue weighted by atomic mass is 33.1. The van der Waals surface area contributed by atoms with Gasteiger partial charge in [-0.15, -0.1) is 0 Å². The van der Waals surface area contributed by atoms with E-state index in [1.165, 1.54) is 22.3 Å². The van der Waals surface area contributed by atoms with E-state index >= 15 is 0 Å². The summed E-state index contributed by atoms with van der Waals surface area (Å²) >= 11 is 0. The van der Waals surface area contributed by atoms with Crippen molar-refractivity contribution < 1.29 is 0 Å². The lowest BCUT2D eigenvalue weighted by Gasteiger charge is -2.21. The monoisotopic (exact) mass is 484 g/mol. The summed E-state index contributed by atoms with van der Waals surface area (Å²) in [5, 5.41) is 7.54. The van der Waals surface area contributed by atoms with Crippen molar-refractivity contribution in [3.8, 4) is 0 Å². The summed E-state index contributed by atoms with van der Waals surface area (Å²) in [6.45, 7) is 1.74. The molecule has 0 aliphatic carbocycles. The highest BCUT2D eigenvalue weighted by molar-refractivity contribution is 8.76. The van der Waals surface area contributed by atoms with Crippen molar-refractivity contribution in [3.05, 3.63) is 144 Å². The third kappa shape index (κ3) is 8.07. The fourth-order valence-electron chi connectivity index (χ4n) is 3.82. The van der Waals surface area contributed by atoms with Crippen LogP contribution in [-0.2, 0) is 13.1 Å². The Labute approximate surface area is 212 Å². The number of benzene rings is 4. The van der Waals surface area contributed by atoms with Crippen LogP contribution in [-0.4, -0.2) is 11.5 Å². The summed E-state index contributed by atoms with van der Waals surface area (Å²) < 4.78 is 0. The molecule has 0 saturated heterocycles. The van der Waals surface area contributed by atoms with Gasteiger partial charge in [-0.05, 0) is 22.3 Å². The van der Waals surface area contributed by atoms with E-state index < -0.39 is 0 Å². The summed E-state index contributed by atoms with van der Waals surface area (Å²) in [6.07, 6.45) is 0. The molecule has 4 aromatic rings. The van der Waals surface area contributed by atoms with Crippen LogP contribution in [0.1, 0.15) is 34.3 Å². The van der Waals surface area contributed by atoms with E-state index in [-0.39, 0.29) is 0 Å². The molecular weight excluding hydrogens is 452 g/mol. The van der Waals surface area contributed by atoms with Crippen molar-refractivity contribution in [2.75, 3.05) is 11.5 Å². The predicted octanol–water partition coefficient (Wildman–Crippen LogP) is 7.43. The number of hydrogen-bond donors (Lipinski definition) is 2. The lowest BCUT2D eigenvalue weighted by molar-refractivity contribution is 0.581. The van der Waals surface area contributed by atoms with Gasteiger partial charge >= 0.3 is 0 Å². The van der Waals surface area contributed by atoms with E-state index in [0.29, 0.717) is 12.1 Å². The maximum Gasteiger partial charge on any atom is 0.0422 e. The molecule has 0 unspecified atom stereocenters. The van der Waals surface area contributed by atoms with Crippen LogP contribution < -0.4 is 10.6 Å². The second-order valence-electron chi connectivity index (χ2n) is 8.23. The molecule has 2 atom stereocenters. The third-order valence-electron chi connectivity index (χ3n) is 5.75. The van der Waals surface area contributed by atoms with Crippen LogP contribution in [0.4, 0.5) is 0 Å². The van der Waals surface area contributed by atoms with Crippen LogP contribution in [0.3, 0.4) is 0 Å². The largest absolute Gasteiger partial charge is 0.305 e. The van der Waals surface area contributed by atoms with Crippen LogP contribution in [0.25, 0.3) is 0 Å². The van der Waals surface area contributed by atoms with Crippen molar-refractivity contribution in [2.45, 2.75) is 25.2 Å². The van der Waals surface area contributed by atoms with Crippen LogP contribution in [0, 0.1) is 0 Å². The average molecular weight is 485 g/mol. The van der Waals surface area contributed by atoms with Crippen molar-refractivity contribution >= 4 is 21.6 Å². The van der Waals surface area contributed by atoms with Crippen molar-refractivity contribution in [1.82, 2.24) is 10.6 Å². The average Bonchev–Trinajstić information content (AvgIpc) is 2.92. The van der Waals surface area contributed by atoms with Gasteiger partial charge in [-0.1, -0.05) is 143 Å². The van der Waals surface area contributed by atoms with E-state index in [1.54, 1.807) is 0 Å². The van der Waals surface area contributed by atoms with Gasteiger partial charge in [0.1, 0.15) is 0 Å². The van der Waals surface area contributed by atoms with Crippen molar-refractivity contribution in [1.29, 1.82) is 0 Å². The summed E-state index contributed by atoms with van der Waals surface area (Å²) in [5.41, 5.74) is 5.31. The number of hydrogen-bond acceptors (Lipinski definition) is 4. The zero-order valence-corrected chi connectivity index (χ0v) is 21.0. The predicted molar refractivity (Wildman–Crippen MR) is 150 cm³/mol. The first-order valence-corrected chi connectivity index (χ1v) is 14.3. The molecule has 34 heavy (non-hydrogen) atoms. The Kier molecular flexibility index (Phi) is 10.2. The second kappa shape index (κ2) is 14.0. The Bertz CT molecular complexity index is 971. The lowest BCUT2D eigenvalue weighted by atomic mass is 10.1. The third-order valence-corrected chi connectivity index (χ3v) is 8.17. The Morgan fingerprint density at radius 1 is 0.441 bits per heavy atom. The molecule has 0 radical (unpaired) electrons. The first-order valence-electron chi connectivity index (χ1n) is 11.8. The molecule has 0 saturated carbocycles. The van der Waals surface area contributed by atoms with Gasteiger partial charge in [0.05, 0.1) is 0 Å². The molecule has 174 valence electrons. The highest BCUT2D eigenvalue weighted by Gasteiger charge is 2.14. The van der Waals surface area contributed by atoms with E-state index in [9.17, 15) is 0 Å². The Balaban J connectivity index is 1.33. The topological polar surface area (TPSA) is 24.1 Å². The first-order chi connectivity index (χ1) is 16.9. The Morgan fingerprint density at radius 2 is 0.765 bits per heavy atom. The van der Waals surface area contributed by atoms with Gasteiger partial charge in [0.25, 0.3) is 0 Å². The van der Waals surface area contributed by atoms with E-state index in [0.717, 1.165) is 24.6 Å². The normalized spacial score (nSPS) is 12.8. The standard InChI is InChI=1S/C30H32N2S2/c1-5-13-25(14-6-1)21-31-29(27-17-9-3-10-18-27)23-33-34-24-30(28-19-11-4-12-20-28)32-22-26-15-7-2-8-16-26/h1-20,29-32H,21-24H2/t29-,30-/m1/s1. The molecule has 4 heteroatoms. The van der Waals surface area contributed by atoms with Crippen LogP contribution in [0.2, 0.25) is 0 Å². The van der Waals surface area contributed by atoms with Gasteiger partial charge in [-0.3, -0.25) is 0 Å². The summed E-state index contributed by atoms with van der Waals surface area (Å²) in [7, 11) is 3.90. The van der Waals surface area contributed by atoms with Gasteiger partial charge in [0.15, 0.2) is 0 Å². The molecule has 0 aromatic heterocycles. The molecule has 0 heterocycles. The molecule has 4 rings (SSSR count). The SMILES string of the molecule is c1ccc(CN[C@H](CSSC[C@@H](NCc2ccccc2)c2ccccc2)c2ccccc2)cc1. The molecule has 4 aromatic carbocycles. The zero-order chi connectivity index (χ0) is 23.3. The van der Waals surface area contributed by atoms with Crippen molar-refractivity contribution in [2.24, 2.45) is 0 Å². The maximum atomic E-state index is 3.77.